The van der Waals surface area contributed by atoms with E-state index in [1.54, 1.807) is 0 Å². The second kappa shape index (κ2) is 38.1. The van der Waals surface area contributed by atoms with E-state index in [1.807, 2.05) is 0 Å². The van der Waals surface area contributed by atoms with E-state index in [4.69, 9.17) is 14.9 Å². The highest BCUT2D eigenvalue weighted by molar-refractivity contribution is 5.72. The first kappa shape index (κ1) is 50.9. The van der Waals surface area contributed by atoms with E-state index < -0.39 is 0 Å². The maximum absolute atomic E-state index is 12.4. The van der Waals surface area contributed by atoms with Gasteiger partial charge >= 0.3 is 5.97 Å². The van der Waals surface area contributed by atoms with Gasteiger partial charge in [-0.15, -0.1) is 0 Å². The van der Waals surface area contributed by atoms with Gasteiger partial charge in [-0.2, -0.15) is 0 Å². The minimum absolute atomic E-state index is 0.0389. The summed E-state index contributed by atoms with van der Waals surface area (Å²) in [4.78, 5) is 14.8. The average molecular weight is 737 g/mol. The summed E-state index contributed by atoms with van der Waals surface area (Å²) in [6.07, 6.45) is 39.3. The van der Waals surface area contributed by atoms with E-state index in [2.05, 4.69) is 39.5 Å². The van der Waals surface area contributed by atoms with Gasteiger partial charge in [-0.1, -0.05) is 156 Å². The van der Waals surface area contributed by atoms with Crippen molar-refractivity contribution >= 4 is 11.9 Å². The molecule has 2 N–H and O–H groups in total. The average Bonchev–Trinajstić information content (AvgIpc) is 3.11. The van der Waals surface area contributed by atoms with Crippen molar-refractivity contribution in [1.29, 1.82) is 5.41 Å². The van der Waals surface area contributed by atoms with Crippen molar-refractivity contribution in [3.8, 4) is 0 Å². The van der Waals surface area contributed by atoms with E-state index in [-0.39, 0.29) is 24.3 Å². The van der Waals surface area contributed by atoms with Crippen molar-refractivity contribution in [3.05, 3.63) is 0 Å². The quantitative estimate of drug-likeness (QED) is 0.0283. The van der Waals surface area contributed by atoms with Crippen LogP contribution in [-0.4, -0.2) is 59.8 Å². The molecule has 0 fully saturated rings. The number of ether oxygens (including phenoxy) is 2. The van der Waals surface area contributed by atoms with Crippen LogP contribution in [0.15, 0.2) is 0 Å². The summed E-state index contributed by atoms with van der Waals surface area (Å²) in [7, 11) is 0. The third-order valence-corrected chi connectivity index (χ3v) is 10.7. The van der Waals surface area contributed by atoms with Crippen LogP contribution in [-0.2, 0) is 14.3 Å². The Balaban J connectivity index is 4.05. The Morgan fingerprint density at radius 3 is 1.44 bits per heavy atom. The summed E-state index contributed by atoms with van der Waals surface area (Å²) in [5, 5.41) is 18.1. The van der Waals surface area contributed by atoms with Gasteiger partial charge in [0.05, 0.1) is 6.61 Å². The fraction of sp³-hybridized carbons (Fsp3) is 0.957. The van der Waals surface area contributed by atoms with Crippen molar-refractivity contribution in [2.75, 3.05) is 26.2 Å². The largest absolute Gasteiger partial charge is 0.478 e. The van der Waals surface area contributed by atoms with Crippen molar-refractivity contribution in [2.24, 2.45) is 0 Å². The van der Waals surface area contributed by atoms with Gasteiger partial charge in [0, 0.05) is 19.4 Å². The number of nitrogens with zero attached hydrogens (tertiary/aromatic N) is 1. The highest BCUT2D eigenvalue weighted by Crippen LogP contribution is 2.22. The minimum Gasteiger partial charge on any atom is -0.478 e. The first-order valence-corrected chi connectivity index (χ1v) is 23.1. The van der Waals surface area contributed by atoms with Crippen LogP contribution < -0.4 is 0 Å². The van der Waals surface area contributed by atoms with Gasteiger partial charge < -0.3 is 19.5 Å². The Bertz CT molecular complexity index is 757. The van der Waals surface area contributed by atoms with E-state index in [9.17, 15) is 9.90 Å². The van der Waals surface area contributed by atoms with Crippen LogP contribution in [0.1, 0.15) is 247 Å². The zero-order valence-electron chi connectivity index (χ0n) is 35.9. The number of nitrogens with one attached hydrogen (secondary N) is 1. The lowest BCUT2D eigenvalue weighted by atomic mass is 9.99. The number of hydrogen-bond donors (Lipinski definition) is 2. The Hall–Kier alpha value is -1.14. The number of esters is 1. The molecule has 0 aromatic rings. The molecule has 0 aromatic carbocycles. The molecule has 0 saturated heterocycles. The normalized spacial score (nSPS) is 11.9. The Labute approximate surface area is 325 Å². The van der Waals surface area contributed by atoms with Gasteiger partial charge in [-0.3, -0.25) is 10.2 Å². The molecule has 0 atom stereocenters. The van der Waals surface area contributed by atoms with Gasteiger partial charge in [0.2, 0.25) is 0 Å². The lowest BCUT2D eigenvalue weighted by Gasteiger charge is -2.25. The smallest absolute Gasteiger partial charge is 0.306 e. The molecule has 0 unspecified atom stereocenters. The molecule has 6 nitrogen and oxygen atoms in total. The predicted molar refractivity (Wildman–Crippen MR) is 226 cm³/mol. The standard InChI is InChI=1S/C46H92N2O4/c1-6-9-12-15-20-27-34-43(35-28-21-16-13-10-7-2)51-44(47)36-29-22-18-25-32-39-48(41-42-49)40-33-26-19-23-30-37-45(50)52-46(4,5)38-31-24-17-14-11-8-3/h43,47,49H,6-42H2,1-5H3. The van der Waals surface area contributed by atoms with Crippen LogP contribution in [0.25, 0.3) is 0 Å². The molecule has 52 heavy (non-hydrogen) atoms. The van der Waals surface area contributed by atoms with Crippen LogP contribution in [0.3, 0.4) is 0 Å². The van der Waals surface area contributed by atoms with E-state index >= 15 is 0 Å². The molecule has 0 aliphatic heterocycles. The van der Waals surface area contributed by atoms with E-state index in [0.29, 0.717) is 12.3 Å². The lowest BCUT2D eigenvalue weighted by molar-refractivity contribution is -0.157. The van der Waals surface area contributed by atoms with Crippen molar-refractivity contribution in [2.45, 2.75) is 258 Å². The molecule has 310 valence electrons. The molecule has 0 amide bonds. The molecule has 0 radical (unpaired) electrons. The van der Waals surface area contributed by atoms with Crippen LogP contribution in [0, 0.1) is 5.41 Å². The molecule has 6 heteroatoms. The van der Waals surface area contributed by atoms with Crippen molar-refractivity contribution in [3.63, 3.8) is 0 Å². The summed E-state index contributed by atoms with van der Waals surface area (Å²) < 4.78 is 12.1. The summed E-state index contributed by atoms with van der Waals surface area (Å²) in [6.45, 7) is 14.0. The number of aliphatic hydroxyl groups excluding tert-OH is 1. The maximum atomic E-state index is 12.4. The summed E-state index contributed by atoms with van der Waals surface area (Å²) in [5.41, 5.74) is -0.347. The highest BCUT2D eigenvalue weighted by atomic mass is 16.6. The van der Waals surface area contributed by atoms with Gasteiger partial charge in [-0.05, 0) is 91.1 Å². The molecular weight excluding hydrogens is 645 g/mol. The molecule has 0 aliphatic rings. The van der Waals surface area contributed by atoms with Crippen LogP contribution in [0.5, 0.6) is 0 Å². The fourth-order valence-electron chi connectivity index (χ4n) is 7.33. The van der Waals surface area contributed by atoms with Gasteiger partial charge in [0.1, 0.15) is 11.7 Å². The molecule has 0 rings (SSSR count). The minimum atomic E-state index is -0.347. The van der Waals surface area contributed by atoms with Crippen LogP contribution >= 0.6 is 0 Å². The molecule has 0 aliphatic carbocycles. The highest BCUT2D eigenvalue weighted by Gasteiger charge is 2.22. The molecule has 0 heterocycles. The summed E-state index contributed by atoms with van der Waals surface area (Å²) in [6, 6.07) is 0. The first-order valence-electron chi connectivity index (χ1n) is 23.1. The molecule has 0 saturated carbocycles. The Kier molecular flexibility index (Phi) is 37.3. The first-order chi connectivity index (χ1) is 25.3. The number of rotatable bonds is 41. The van der Waals surface area contributed by atoms with E-state index in [1.165, 1.54) is 135 Å². The van der Waals surface area contributed by atoms with Gasteiger partial charge in [0.25, 0.3) is 0 Å². The topological polar surface area (TPSA) is 82.9 Å². The molecule has 0 bridgehead atoms. The second-order valence-electron chi connectivity index (χ2n) is 16.6. The number of carbonyl (C=O) groups is 1. The number of aliphatic hydroxyl groups is 1. The Morgan fingerprint density at radius 1 is 0.558 bits per heavy atom. The third kappa shape index (κ3) is 35.9. The van der Waals surface area contributed by atoms with Crippen molar-refractivity contribution in [1.82, 2.24) is 4.90 Å². The molecule has 0 aromatic heterocycles. The lowest BCUT2D eigenvalue weighted by Crippen LogP contribution is -2.29. The van der Waals surface area contributed by atoms with Crippen molar-refractivity contribution < 1.29 is 19.4 Å². The van der Waals surface area contributed by atoms with Crippen LogP contribution in [0.2, 0.25) is 0 Å². The fourth-order valence-corrected chi connectivity index (χ4v) is 7.33. The molecular formula is C46H92N2O4. The zero-order chi connectivity index (χ0) is 38.4. The zero-order valence-corrected chi connectivity index (χ0v) is 35.9. The number of carbonyl (C=O) groups excluding carboxylic acids is 1. The van der Waals surface area contributed by atoms with Gasteiger partial charge in [0.15, 0.2) is 5.90 Å². The van der Waals surface area contributed by atoms with Gasteiger partial charge in [-0.25, -0.2) is 0 Å². The third-order valence-electron chi connectivity index (χ3n) is 10.7. The summed E-state index contributed by atoms with van der Waals surface area (Å²) >= 11 is 0. The Morgan fingerprint density at radius 2 is 0.962 bits per heavy atom. The van der Waals surface area contributed by atoms with Crippen LogP contribution in [0.4, 0.5) is 0 Å². The van der Waals surface area contributed by atoms with E-state index in [0.717, 1.165) is 90.3 Å². The monoisotopic (exact) mass is 737 g/mol. The predicted octanol–water partition coefficient (Wildman–Crippen LogP) is 13.9. The number of hydrogen-bond acceptors (Lipinski definition) is 6. The summed E-state index contributed by atoms with van der Waals surface area (Å²) in [5.74, 6) is 0.474. The molecule has 0 spiro atoms. The second-order valence-corrected chi connectivity index (χ2v) is 16.6. The number of unbranched alkanes of at least 4 members (excludes halogenated alkanes) is 23. The SMILES string of the molecule is CCCCCCCCC(CCCCCCCC)OC(=N)CCCCCCCN(CCO)CCCCCCCC(=O)OC(C)(C)CCCCCCCC. The maximum Gasteiger partial charge on any atom is 0.306 e.